The van der Waals surface area contributed by atoms with Crippen LogP contribution in [0.4, 0.5) is 10.5 Å². The lowest BCUT2D eigenvalue weighted by Gasteiger charge is -2.07. The van der Waals surface area contributed by atoms with Gasteiger partial charge in [-0.3, -0.25) is 25.0 Å². The Hall–Kier alpha value is -3.13. The predicted molar refractivity (Wildman–Crippen MR) is 93.0 cm³/mol. The normalized spacial score (nSPS) is 15.3. The van der Waals surface area contributed by atoms with Gasteiger partial charge < -0.3 is 4.74 Å². The Morgan fingerprint density at radius 2 is 1.92 bits per heavy atom. The number of hydrogen-bond donors (Lipinski definition) is 1. The molecule has 0 atom stereocenters. The number of ether oxygens (including phenoxy) is 1. The van der Waals surface area contributed by atoms with Gasteiger partial charge >= 0.3 is 0 Å². The minimum absolute atomic E-state index is 0.0271. The van der Waals surface area contributed by atoms with Crippen LogP contribution in [0.3, 0.4) is 0 Å². The van der Waals surface area contributed by atoms with Gasteiger partial charge in [0.05, 0.1) is 9.83 Å². The van der Waals surface area contributed by atoms with Crippen LogP contribution in [0, 0.1) is 10.1 Å². The maximum absolute atomic E-state index is 11.6. The molecule has 2 amide bonds. The van der Waals surface area contributed by atoms with Crippen molar-refractivity contribution in [1.29, 1.82) is 0 Å². The number of benzene rings is 2. The number of rotatable bonds is 5. The van der Waals surface area contributed by atoms with Crippen LogP contribution in [0.5, 0.6) is 5.75 Å². The molecule has 0 radical (unpaired) electrons. The van der Waals surface area contributed by atoms with Crippen molar-refractivity contribution in [1.82, 2.24) is 5.32 Å². The number of nitrogens with one attached hydrogen (secondary N) is 1. The maximum Gasteiger partial charge on any atom is 0.290 e. The van der Waals surface area contributed by atoms with Crippen LogP contribution in [0.25, 0.3) is 6.08 Å². The lowest BCUT2D eigenvalue weighted by molar-refractivity contribution is -0.384. The highest BCUT2D eigenvalue weighted by Crippen LogP contribution is 2.26. The summed E-state index contributed by atoms with van der Waals surface area (Å²) in [7, 11) is 0. The molecule has 1 aliphatic rings. The predicted octanol–water partition coefficient (Wildman–Crippen LogP) is 3.50. The smallest absolute Gasteiger partial charge is 0.290 e. The summed E-state index contributed by atoms with van der Waals surface area (Å²) in [6.45, 7) is 0.256. The number of amides is 2. The summed E-state index contributed by atoms with van der Waals surface area (Å²) in [6.07, 6.45) is 1.61. The molecule has 1 heterocycles. The van der Waals surface area contributed by atoms with E-state index < -0.39 is 10.8 Å². The van der Waals surface area contributed by atoms with Gasteiger partial charge in [0.1, 0.15) is 12.4 Å². The van der Waals surface area contributed by atoms with Crippen LogP contribution in [0.1, 0.15) is 11.1 Å². The molecule has 1 N–H and O–H groups in total. The van der Waals surface area contributed by atoms with Gasteiger partial charge in [0.25, 0.3) is 16.8 Å². The molecular weight excluding hydrogens is 344 g/mol. The van der Waals surface area contributed by atoms with E-state index in [1.54, 1.807) is 42.5 Å². The summed E-state index contributed by atoms with van der Waals surface area (Å²) in [5.41, 5.74) is 1.55. The van der Waals surface area contributed by atoms with Crippen molar-refractivity contribution in [3.8, 4) is 5.75 Å². The zero-order valence-corrected chi connectivity index (χ0v) is 13.6. The Morgan fingerprint density at radius 3 is 2.56 bits per heavy atom. The zero-order valence-electron chi connectivity index (χ0n) is 12.8. The average Bonchev–Trinajstić information content (AvgIpc) is 2.91. The molecule has 7 nitrogen and oxygen atoms in total. The van der Waals surface area contributed by atoms with Crippen molar-refractivity contribution >= 4 is 34.7 Å². The molecule has 126 valence electrons. The zero-order chi connectivity index (χ0) is 17.8. The highest BCUT2D eigenvalue weighted by Gasteiger charge is 2.24. The van der Waals surface area contributed by atoms with Crippen LogP contribution in [0.15, 0.2) is 53.4 Å². The molecule has 0 bridgehead atoms. The average molecular weight is 356 g/mol. The summed E-state index contributed by atoms with van der Waals surface area (Å²) in [4.78, 5) is 33.2. The van der Waals surface area contributed by atoms with Crippen molar-refractivity contribution < 1.29 is 19.2 Å². The molecule has 0 unspecified atom stereocenters. The molecule has 8 heteroatoms. The molecule has 2 aromatic carbocycles. The Bertz CT molecular complexity index is 877. The van der Waals surface area contributed by atoms with E-state index in [2.05, 4.69) is 5.32 Å². The third-order valence-corrected chi connectivity index (χ3v) is 4.16. The van der Waals surface area contributed by atoms with E-state index in [1.165, 1.54) is 12.1 Å². The second-order valence-electron chi connectivity index (χ2n) is 5.14. The molecule has 1 fully saturated rings. The van der Waals surface area contributed by atoms with Crippen LogP contribution < -0.4 is 10.1 Å². The molecule has 0 spiro atoms. The minimum Gasteiger partial charge on any atom is -0.489 e. The first-order valence-corrected chi connectivity index (χ1v) is 8.04. The summed E-state index contributed by atoms with van der Waals surface area (Å²) in [6, 6.07) is 13.2. The van der Waals surface area contributed by atoms with E-state index >= 15 is 0 Å². The molecule has 0 aliphatic carbocycles. The highest BCUT2D eigenvalue weighted by atomic mass is 32.2. The van der Waals surface area contributed by atoms with E-state index in [0.717, 1.165) is 22.9 Å². The number of nitro groups is 1. The summed E-state index contributed by atoms with van der Waals surface area (Å²) >= 11 is 0.854. The molecule has 1 aliphatic heterocycles. The Balaban J connectivity index is 1.68. The number of non-ortho nitro benzene ring substituents is 1. The van der Waals surface area contributed by atoms with Crippen molar-refractivity contribution in [2.24, 2.45) is 0 Å². The summed E-state index contributed by atoms with van der Waals surface area (Å²) in [5, 5.41) is 12.4. The lowest BCUT2D eigenvalue weighted by Crippen LogP contribution is -2.17. The van der Waals surface area contributed by atoms with Gasteiger partial charge in [-0.2, -0.15) is 0 Å². The lowest BCUT2D eigenvalue weighted by atomic mass is 10.2. The van der Waals surface area contributed by atoms with Gasteiger partial charge in [-0.25, -0.2) is 0 Å². The number of carbonyl (C=O) groups excluding carboxylic acids is 2. The quantitative estimate of drug-likeness (QED) is 0.500. The largest absolute Gasteiger partial charge is 0.489 e. The fraction of sp³-hybridized carbons (Fsp3) is 0.0588. The SMILES string of the molecule is O=C1NC(=O)/C(=C\c2cccc(OCc3ccc([N+](=O)[O-])cc3)c2)S1. The van der Waals surface area contributed by atoms with Crippen LogP contribution in [0.2, 0.25) is 0 Å². The second kappa shape index (κ2) is 7.18. The van der Waals surface area contributed by atoms with Crippen molar-refractivity contribution in [3.05, 3.63) is 74.7 Å². The van der Waals surface area contributed by atoms with Gasteiger partial charge in [-0.1, -0.05) is 12.1 Å². The van der Waals surface area contributed by atoms with Gasteiger partial charge in [-0.05, 0) is 53.2 Å². The standard InChI is InChI=1S/C17H12N2O5S/c20-16-15(25-17(21)18-16)9-12-2-1-3-14(8-12)24-10-11-4-6-13(7-5-11)19(22)23/h1-9H,10H2,(H,18,20,21)/b15-9+. The fourth-order valence-corrected chi connectivity index (χ4v) is 2.83. The second-order valence-corrected chi connectivity index (χ2v) is 6.15. The van der Waals surface area contributed by atoms with Gasteiger partial charge in [0.2, 0.25) is 0 Å². The highest BCUT2D eigenvalue weighted by molar-refractivity contribution is 8.18. The van der Waals surface area contributed by atoms with Crippen LogP contribution in [-0.4, -0.2) is 16.1 Å². The third kappa shape index (κ3) is 4.24. The number of thioether (sulfide) groups is 1. The first kappa shape index (κ1) is 16.7. The van der Waals surface area contributed by atoms with E-state index in [1.807, 2.05) is 0 Å². The monoisotopic (exact) mass is 356 g/mol. The first-order chi connectivity index (χ1) is 12.0. The Morgan fingerprint density at radius 1 is 1.16 bits per heavy atom. The minimum atomic E-state index is -0.455. The molecule has 25 heavy (non-hydrogen) atoms. The summed E-state index contributed by atoms with van der Waals surface area (Å²) in [5.74, 6) is 0.176. The third-order valence-electron chi connectivity index (χ3n) is 3.35. The van der Waals surface area contributed by atoms with E-state index in [0.29, 0.717) is 10.7 Å². The van der Waals surface area contributed by atoms with Gasteiger partial charge in [0, 0.05) is 12.1 Å². The number of hydrogen-bond acceptors (Lipinski definition) is 6. The molecule has 0 saturated carbocycles. The molecule has 3 rings (SSSR count). The topological polar surface area (TPSA) is 98.5 Å². The number of carbonyl (C=O) groups is 2. The molecular formula is C17H12N2O5S. The molecule has 0 aromatic heterocycles. The Labute approximate surface area is 146 Å². The Kier molecular flexibility index (Phi) is 4.80. The van der Waals surface area contributed by atoms with Crippen molar-refractivity contribution in [2.75, 3.05) is 0 Å². The number of nitro benzene ring substituents is 1. The fourth-order valence-electron chi connectivity index (χ4n) is 2.15. The maximum atomic E-state index is 11.6. The molecule has 1 saturated heterocycles. The number of nitrogens with zero attached hydrogens (tertiary/aromatic N) is 1. The summed E-state index contributed by atoms with van der Waals surface area (Å²) < 4.78 is 5.67. The van der Waals surface area contributed by atoms with Gasteiger partial charge in [0.15, 0.2) is 0 Å². The van der Waals surface area contributed by atoms with E-state index in [4.69, 9.17) is 4.74 Å². The van der Waals surface area contributed by atoms with Crippen LogP contribution >= 0.6 is 11.8 Å². The van der Waals surface area contributed by atoms with Gasteiger partial charge in [-0.15, -0.1) is 0 Å². The van der Waals surface area contributed by atoms with E-state index in [-0.39, 0.29) is 17.5 Å². The first-order valence-electron chi connectivity index (χ1n) is 7.22. The van der Waals surface area contributed by atoms with Crippen molar-refractivity contribution in [2.45, 2.75) is 6.61 Å². The molecule has 2 aromatic rings. The van der Waals surface area contributed by atoms with Crippen LogP contribution in [-0.2, 0) is 11.4 Å². The van der Waals surface area contributed by atoms with E-state index in [9.17, 15) is 19.7 Å². The van der Waals surface area contributed by atoms with Crippen molar-refractivity contribution in [3.63, 3.8) is 0 Å². The number of imide groups is 1.